The number of carbonyl (C=O) groups is 1. The number of rotatable bonds is 5. The number of benzene rings is 1. The molecule has 1 aromatic heterocycles. The summed E-state index contributed by atoms with van der Waals surface area (Å²) in [4.78, 5) is 15.0. The minimum atomic E-state index is -1.08. The van der Waals surface area contributed by atoms with Gasteiger partial charge < -0.3 is 19.9 Å². The van der Waals surface area contributed by atoms with E-state index in [1.807, 2.05) is 0 Å². The van der Waals surface area contributed by atoms with Crippen molar-refractivity contribution in [2.75, 3.05) is 19.5 Å². The van der Waals surface area contributed by atoms with E-state index in [2.05, 4.69) is 10.3 Å². The van der Waals surface area contributed by atoms with Crippen LogP contribution < -0.4 is 14.8 Å². The number of nitrogens with one attached hydrogen (secondary N) is 1. The summed E-state index contributed by atoms with van der Waals surface area (Å²) in [6.07, 6.45) is 2.76. The number of aromatic nitrogens is 1. The molecule has 1 heterocycles. The van der Waals surface area contributed by atoms with Gasteiger partial charge in [0.15, 0.2) is 0 Å². The van der Waals surface area contributed by atoms with E-state index in [1.165, 1.54) is 26.6 Å². The van der Waals surface area contributed by atoms with Crippen molar-refractivity contribution in [1.29, 1.82) is 0 Å². The van der Waals surface area contributed by atoms with Crippen molar-refractivity contribution in [3.8, 4) is 11.5 Å². The predicted molar refractivity (Wildman–Crippen MR) is 79.0 cm³/mol. The van der Waals surface area contributed by atoms with Gasteiger partial charge in [-0.25, -0.2) is 4.79 Å². The summed E-state index contributed by atoms with van der Waals surface area (Å²) < 4.78 is 10.4. The highest BCUT2D eigenvalue weighted by molar-refractivity contribution is 6.32. The molecule has 0 fully saturated rings. The van der Waals surface area contributed by atoms with Crippen LogP contribution in [0.15, 0.2) is 30.6 Å². The minimum Gasteiger partial charge on any atom is -0.495 e. The van der Waals surface area contributed by atoms with Gasteiger partial charge in [-0.1, -0.05) is 11.6 Å². The number of carboxylic acid groups (broad SMARTS) is 1. The monoisotopic (exact) mass is 308 g/mol. The zero-order valence-electron chi connectivity index (χ0n) is 11.4. The quantitative estimate of drug-likeness (QED) is 0.883. The first-order chi connectivity index (χ1) is 10.1. The lowest BCUT2D eigenvalue weighted by Crippen LogP contribution is -2.04. The zero-order valence-corrected chi connectivity index (χ0v) is 12.1. The maximum atomic E-state index is 11.2. The van der Waals surface area contributed by atoms with Gasteiger partial charge in [0, 0.05) is 18.5 Å². The number of anilines is 2. The zero-order chi connectivity index (χ0) is 15.4. The van der Waals surface area contributed by atoms with Crippen molar-refractivity contribution in [2.24, 2.45) is 0 Å². The number of aromatic carboxylic acids is 1. The molecule has 0 saturated heterocycles. The van der Waals surface area contributed by atoms with E-state index >= 15 is 0 Å². The first-order valence-corrected chi connectivity index (χ1v) is 6.30. The molecule has 0 aliphatic carbocycles. The Balaban J connectivity index is 2.44. The molecule has 0 saturated carbocycles. The number of pyridine rings is 1. The van der Waals surface area contributed by atoms with Crippen molar-refractivity contribution < 1.29 is 19.4 Å². The van der Waals surface area contributed by atoms with Crippen LogP contribution in [0, 0.1) is 0 Å². The Morgan fingerprint density at radius 2 is 1.95 bits per heavy atom. The van der Waals surface area contributed by atoms with Crippen LogP contribution >= 0.6 is 11.6 Å². The van der Waals surface area contributed by atoms with Crippen LogP contribution in [0.3, 0.4) is 0 Å². The topological polar surface area (TPSA) is 80.7 Å². The fraction of sp³-hybridized carbons (Fsp3) is 0.143. The fourth-order valence-corrected chi connectivity index (χ4v) is 2.02. The van der Waals surface area contributed by atoms with Crippen molar-refractivity contribution >= 4 is 28.9 Å². The number of methoxy groups -OCH3 is 2. The van der Waals surface area contributed by atoms with E-state index in [9.17, 15) is 4.79 Å². The second kappa shape index (κ2) is 6.32. The molecule has 2 rings (SSSR count). The van der Waals surface area contributed by atoms with Crippen molar-refractivity contribution in [1.82, 2.24) is 4.98 Å². The summed E-state index contributed by atoms with van der Waals surface area (Å²) >= 11 is 6.08. The van der Waals surface area contributed by atoms with Crippen LogP contribution in [0.25, 0.3) is 0 Å². The lowest BCUT2D eigenvalue weighted by molar-refractivity contribution is 0.0697. The predicted octanol–water partition coefficient (Wildman–Crippen LogP) is 3.19. The van der Waals surface area contributed by atoms with Crippen LogP contribution in [0.4, 0.5) is 11.4 Å². The SMILES string of the molecule is COc1cc(OC)c(Nc2ccncc2C(=O)O)cc1Cl. The Kier molecular flexibility index (Phi) is 4.49. The summed E-state index contributed by atoms with van der Waals surface area (Å²) in [7, 11) is 3.00. The molecule has 7 heteroatoms. The number of halogens is 1. The molecule has 110 valence electrons. The van der Waals surface area contributed by atoms with Gasteiger partial charge in [-0.05, 0) is 12.1 Å². The van der Waals surface area contributed by atoms with Gasteiger partial charge in [-0.15, -0.1) is 0 Å². The van der Waals surface area contributed by atoms with Gasteiger partial charge in [0.2, 0.25) is 0 Å². The first-order valence-electron chi connectivity index (χ1n) is 5.92. The van der Waals surface area contributed by atoms with Crippen LogP contribution in [0.5, 0.6) is 11.5 Å². The lowest BCUT2D eigenvalue weighted by Gasteiger charge is -2.14. The molecule has 0 aliphatic rings. The van der Waals surface area contributed by atoms with E-state index in [4.69, 9.17) is 26.2 Å². The summed E-state index contributed by atoms with van der Waals surface area (Å²) in [5, 5.41) is 12.5. The van der Waals surface area contributed by atoms with E-state index < -0.39 is 5.97 Å². The Morgan fingerprint density at radius 3 is 2.57 bits per heavy atom. The third-order valence-electron chi connectivity index (χ3n) is 2.79. The van der Waals surface area contributed by atoms with Gasteiger partial charge in [0.25, 0.3) is 0 Å². The Labute approximate surface area is 126 Å². The standard InChI is InChI=1S/C14H13ClN2O4/c1-20-12-6-13(21-2)11(5-9(12)15)17-10-3-4-16-7-8(10)14(18)19/h3-7H,1-2H3,(H,16,17)(H,18,19). The van der Waals surface area contributed by atoms with E-state index in [0.29, 0.717) is 27.9 Å². The Hall–Kier alpha value is -2.47. The number of hydrogen-bond donors (Lipinski definition) is 2. The highest BCUT2D eigenvalue weighted by atomic mass is 35.5. The van der Waals surface area contributed by atoms with E-state index in [-0.39, 0.29) is 5.56 Å². The second-order valence-corrected chi connectivity index (χ2v) is 4.45. The minimum absolute atomic E-state index is 0.0477. The normalized spacial score (nSPS) is 10.0. The van der Waals surface area contributed by atoms with Crippen LogP contribution in [0.1, 0.15) is 10.4 Å². The molecule has 1 aromatic carbocycles. The third kappa shape index (κ3) is 3.17. The molecular formula is C14H13ClN2O4. The summed E-state index contributed by atoms with van der Waals surface area (Å²) in [5.74, 6) is -0.138. The molecular weight excluding hydrogens is 296 g/mol. The third-order valence-corrected chi connectivity index (χ3v) is 3.09. The number of hydrogen-bond acceptors (Lipinski definition) is 5. The number of carboxylic acids is 1. The second-order valence-electron chi connectivity index (χ2n) is 4.04. The van der Waals surface area contributed by atoms with Gasteiger partial charge >= 0.3 is 5.97 Å². The molecule has 0 atom stereocenters. The van der Waals surface area contributed by atoms with Crippen molar-refractivity contribution in [3.63, 3.8) is 0 Å². The average Bonchev–Trinajstić information content (AvgIpc) is 2.48. The Bertz CT molecular complexity index is 676. The molecule has 0 bridgehead atoms. The highest BCUT2D eigenvalue weighted by Gasteiger charge is 2.14. The number of nitrogens with zero attached hydrogens (tertiary/aromatic N) is 1. The van der Waals surface area contributed by atoms with Crippen LogP contribution in [-0.2, 0) is 0 Å². The lowest BCUT2D eigenvalue weighted by atomic mass is 10.2. The van der Waals surface area contributed by atoms with Gasteiger partial charge in [0.05, 0.1) is 30.6 Å². The van der Waals surface area contributed by atoms with Crippen molar-refractivity contribution in [3.05, 3.63) is 41.2 Å². The average molecular weight is 309 g/mol. The van der Waals surface area contributed by atoms with E-state index in [0.717, 1.165) is 0 Å². The van der Waals surface area contributed by atoms with Crippen molar-refractivity contribution in [2.45, 2.75) is 0 Å². The largest absolute Gasteiger partial charge is 0.495 e. The molecule has 21 heavy (non-hydrogen) atoms. The van der Waals surface area contributed by atoms with Crippen LogP contribution in [-0.4, -0.2) is 30.3 Å². The molecule has 2 aromatic rings. The maximum absolute atomic E-state index is 11.2. The first kappa shape index (κ1) is 14.9. The number of ether oxygens (including phenoxy) is 2. The molecule has 6 nitrogen and oxygen atoms in total. The molecule has 0 aliphatic heterocycles. The highest BCUT2D eigenvalue weighted by Crippen LogP contribution is 2.37. The molecule has 0 amide bonds. The van der Waals surface area contributed by atoms with Gasteiger partial charge in [-0.2, -0.15) is 0 Å². The summed E-state index contributed by atoms with van der Waals surface area (Å²) in [6.45, 7) is 0. The van der Waals surface area contributed by atoms with Gasteiger partial charge in [-0.3, -0.25) is 4.98 Å². The summed E-state index contributed by atoms with van der Waals surface area (Å²) in [6, 6.07) is 4.78. The summed E-state index contributed by atoms with van der Waals surface area (Å²) in [5.41, 5.74) is 0.959. The molecule has 0 unspecified atom stereocenters. The van der Waals surface area contributed by atoms with E-state index in [1.54, 1.807) is 18.2 Å². The molecule has 2 N–H and O–H groups in total. The molecule has 0 spiro atoms. The smallest absolute Gasteiger partial charge is 0.339 e. The maximum Gasteiger partial charge on any atom is 0.339 e. The van der Waals surface area contributed by atoms with Crippen LogP contribution in [0.2, 0.25) is 5.02 Å². The molecule has 0 radical (unpaired) electrons. The van der Waals surface area contributed by atoms with Gasteiger partial charge in [0.1, 0.15) is 17.1 Å². The fourth-order valence-electron chi connectivity index (χ4n) is 1.78. The Morgan fingerprint density at radius 1 is 1.24 bits per heavy atom.